The highest BCUT2D eigenvalue weighted by Gasteiger charge is 2.06. The second-order valence-electron chi connectivity index (χ2n) is 2.87. The molecule has 0 saturated carbocycles. The molecule has 2 nitrogen and oxygen atoms in total. The Morgan fingerprint density at radius 2 is 2.15 bits per heavy atom. The van der Waals surface area contributed by atoms with Gasteiger partial charge in [0.05, 0.1) is 5.56 Å². The number of hydrogen-bond acceptors (Lipinski definition) is 2. The van der Waals surface area contributed by atoms with Crippen LogP contribution in [0.5, 0.6) is 0 Å². The van der Waals surface area contributed by atoms with Gasteiger partial charge in [-0.1, -0.05) is 30.6 Å². The summed E-state index contributed by atoms with van der Waals surface area (Å²) in [7, 11) is 0. The maximum absolute atomic E-state index is 11.6. The third-order valence-electron chi connectivity index (χ3n) is 1.89. The Morgan fingerprint density at radius 3 is 2.62 bits per heavy atom. The molecule has 0 aliphatic carbocycles. The van der Waals surface area contributed by atoms with Crippen molar-refractivity contribution in [2.45, 2.75) is 33.7 Å². The zero-order valence-corrected chi connectivity index (χ0v) is 9.15. The normalized spacial score (nSPS) is 11.3. The zero-order valence-electron chi connectivity index (χ0n) is 8.33. The zero-order chi connectivity index (χ0) is 9.84. The van der Waals surface area contributed by atoms with Crippen LogP contribution in [0.1, 0.15) is 30.7 Å². The van der Waals surface area contributed by atoms with Crippen LogP contribution >= 0.6 is 11.5 Å². The van der Waals surface area contributed by atoms with Crippen LogP contribution < -0.4 is 5.56 Å². The average molecular weight is 197 g/mol. The minimum atomic E-state index is 0.148. The van der Waals surface area contributed by atoms with E-state index in [0.29, 0.717) is 0 Å². The van der Waals surface area contributed by atoms with E-state index in [2.05, 4.69) is 6.92 Å². The molecule has 0 atom stereocenters. The number of hydrogen-bond donors (Lipinski definition) is 0. The van der Waals surface area contributed by atoms with Crippen LogP contribution in [0.4, 0.5) is 0 Å². The standard InChI is InChI=1S/C10H15NOS/c1-4-6-7-9-8(3)13-11(5-2)10(9)12/h6-7H,4-5H2,1-3H3/b7-6-. The highest BCUT2D eigenvalue weighted by molar-refractivity contribution is 7.06. The molecule has 0 radical (unpaired) electrons. The monoisotopic (exact) mass is 197 g/mol. The van der Waals surface area contributed by atoms with Crippen molar-refractivity contribution in [1.29, 1.82) is 0 Å². The maximum atomic E-state index is 11.6. The number of allylic oxidation sites excluding steroid dienone is 1. The smallest absolute Gasteiger partial charge is 0.268 e. The molecule has 0 saturated heterocycles. The first kappa shape index (κ1) is 10.3. The van der Waals surface area contributed by atoms with Crippen molar-refractivity contribution in [2.75, 3.05) is 0 Å². The third-order valence-corrected chi connectivity index (χ3v) is 3.03. The van der Waals surface area contributed by atoms with Gasteiger partial charge in [-0.2, -0.15) is 0 Å². The summed E-state index contributed by atoms with van der Waals surface area (Å²) in [5.74, 6) is 0. The second-order valence-corrected chi connectivity index (χ2v) is 4.11. The van der Waals surface area contributed by atoms with E-state index in [0.717, 1.165) is 23.4 Å². The highest BCUT2D eigenvalue weighted by Crippen LogP contribution is 2.12. The Hall–Kier alpha value is -0.830. The summed E-state index contributed by atoms with van der Waals surface area (Å²) in [6, 6.07) is 0. The molecular formula is C10H15NOS. The topological polar surface area (TPSA) is 22.0 Å². The van der Waals surface area contributed by atoms with Gasteiger partial charge < -0.3 is 0 Å². The lowest BCUT2D eigenvalue weighted by atomic mass is 10.2. The van der Waals surface area contributed by atoms with Crippen molar-refractivity contribution in [3.05, 3.63) is 26.9 Å². The van der Waals surface area contributed by atoms with Crippen LogP contribution in [0.3, 0.4) is 0 Å². The van der Waals surface area contributed by atoms with Crippen LogP contribution in [0.25, 0.3) is 6.08 Å². The van der Waals surface area contributed by atoms with Crippen molar-refractivity contribution >= 4 is 17.6 Å². The molecule has 0 amide bonds. The van der Waals surface area contributed by atoms with Gasteiger partial charge >= 0.3 is 0 Å². The van der Waals surface area contributed by atoms with Crippen molar-refractivity contribution < 1.29 is 0 Å². The molecule has 0 aliphatic heterocycles. The molecule has 0 unspecified atom stereocenters. The molecule has 1 heterocycles. The Morgan fingerprint density at radius 1 is 1.46 bits per heavy atom. The highest BCUT2D eigenvalue weighted by atomic mass is 32.1. The molecule has 0 aromatic carbocycles. The molecule has 0 bridgehead atoms. The summed E-state index contributed by atoms with van der Waals surface area (Å²) in [6.45, 7) is 6.82. The lowest BCUT2D eigenvalue weighted by Crippen LogP contribution is -2.13. The molecule has 13 heavy (non-hydrogen) atoms. The summed E-state index contributed by atoms with van der Waals surface area (Å²) in [5, 5.41) is 0. The van der Waals surface area contributed by atoms with Gasteiger partial charge in [-0.15, -0.1) is 0 Å². The predicted molar refractivity (Wildman–Crippen MR) is 58.3 cm³/mol. The number of aromatic nitrogens is 1. The van der Waals surface area contributed by atoms with Gasteiger partial charge in [0.2, 0.25) is 0 Å². The molecule has 0 fully saturated rings. The molecular weight excluding hydrogens is 182 g/mol. The summed E-state index contributed by atoms with van der Waals surface area (Å²) < 4.78 is 1.78. The first-order chi connectivity index (χ1) is 6.20. The molecule has 1 rings (SSSR count). The fraction of sp³-hybridized carbons (Fsp3) is 0.500. The van der Waals surface area contributed by atoms with Gasteiger partial charge in [-0.05, 0) is 20.3 Å². The largest absolute Gasteiger partial charge is 0.268 e. The summed E-state index contributed by atoms with van der Waals surface area (Å²) >= 11 is 1.54. The van der Waals surface area contributed by atoms with E-state index in [9.17, 15) is 4.79 Å². The van der Waals surface area contributed by atoms with Gasteiger partial charge in [0.25, 0.3) is 5.56 Å². The van der Waals surface area contributed by atoms with Crippen LogP contribution in [0.15, 0.2) is 10.9 Å². The van der Waals surface area contributed by atoms with E-state index in [1.165, 1.54) is 0 Å². The Kier molecular flexibility index (Phi) is 3.48. The molecule has 0 aliphatic rings. The molecule has 3 heteroatoms. The number of aryl methyl sites for hydroxylation is 2. The SMILES string of the molecule is CC/C=C\c1c(C)sn(CC)c1=O. The molecule has 72 valence electrons. The predicted octanol–water partition coefficient (Wildman–Crippen LogP) is 2.66. The number of nitrogens with zero attached hydrogens (tertiary/aromatic N) is 1. The van der Waals surface area contributed by atoms with E-state index in [1.807, 2.05) is 26.0 Å². The average Bonchev–Trinajstić information content (AvgIpc) is 2.39. The summed E-state index contributed by atoms with van der Waals surface area (Å²) in [6.07, 6.45) is 4.93. The van der Waals surface area contributed by atoms with Gasteiger partial charge in [0, 0.05) is 11.4 Å². The Labute approximate surface area is 82.7 Å². The van der Waals surface area contributed by atoms with E-state index in [-0.39, 0.29) is 5.56 Å². The van der Waals surface area contributed by atoms with Gasteiger partial charge in [0.15, 0.2) is 0 Å². The minimum Gasteiger partial charge on any atom is -0.268 e. The Bertz CT molecular complexity index is 359. The van der Waals surface area contributed by atoms with Crippen molar-refractivity contribution in [3.8, 4) is 0 Å². The van der Waals surface area contributed by atoms with Gasteiger partial charge in [-0.3, -0.25) is 8.75 Å². The van der Waals surface area contributed by atoms with Crippen LogP contribution in [0.2, 0.25) is 0 Å². The molecule has 1 aromatic rings. The fourth-order valence-electron chi connectivity index (χ4n) is 1.17. The van der Waals surface area contributed by atoms with Gasteiger partial charge in [-0.25, -0.2) is 0 Å². The third kappa shape index (κ3) is 2.10. The fourth-order valence-corrected chi connectivity index (χ4v) is 2.07. The van der Waals surface area contributed by atoms with E-state index >= 15 is 0 Å². The first-order valence-corrected chi connectivity index (χ1v) is 5.35. The van der Waals surface area contributed by atoms with Crippen molar-refractivity contribution in [1.82, 2.24) is 3.96 Å². The molecule has 0 N–H and O–H groups in total. The number of rotatable bonds is 3. The van der Waals surface area contributed by atoms with Crippen LogP contribution in [0, 0.1) is 6.92 Å². The second kappa shape index (κ2) is 4.42. The quantitative estimate of drug-likeness (QED) is 0.730. The lowest BCUT2D eigenvalue weighted by Gasteiger charge is -1.88. The minimum absolute atomic E-state index is 0.148. The van der Waals surface area contributed by atoms with Gasteiger partial charge in [0.1, 0.15) is 0 Å². The van der Waals surface area contributed by atoms with E-state index in [1.54, 1.807) is 15.5 Å². The Balaban J connectivity index is 3.13. The summed E-state index contributed by atoms with van der Waals surface area (Å²) in [4.78, 5) is 12.8. The molecule has 0 spiro atoms. The van der Waals surface area contributed by atoms with E-state index < -0.39 is 0 Å². The van der Waals surface area contributed by atoms with Crippen molar-refractivity contribution in [2.24, 2.45) is 0 Å². The molecule has 1 aromatic heterocycles. The first-order valence-electron chi connectivity index (χ1n) is 4.58. The van der Waals surface area contributed by atoms with Crippen molar-refractivity contribution in [3.63, 3.8) is 0 Å². The maximum Gasteiger partial charge on any atom is 0.268 e. The van der Waals surface area contributed by atoms with E-state index in [4.69, 9.17) is 0 Å². The summed E-state index contributed by atoms with van der Waals surface area (Å²) in [5.41, 5.74) is 1.00. The van der Waals surface area contributed by atoms with Crippen LogP contribution in [-0.2, 0) is 6.54 Å². The van der Waals surface area contributed by atoms with Crippen LogP contribution in [-0.4, -0.2) is 3.96 Å². The lowest BCUT2D eigenvalue weighted by molar-refractivity contribution is 0.809.